The molecule has 0 saturated carbocycles. The van der Waals surface area contributed by atoms with Crippen LogP contribution in [0.3, 0.4) is 0 Å². The molecule has 0 radical (unpaired) electrons. The zero-order valence-corrected chi connectivity index (χ0v) is 25.2. The van der Waals surface area contributed by atoms with Gasteiger partial charge in [0.05, 0.1) is 11.4 Å². The van der Waals surface area contributed by atoms with E-state index in [1.165, 1.54) is 11.6 Å². The molecule has 0 aromatic heterocycles. The Hall–Kier alpha value is -2.92. The zero-order chi connectivity index (χ0) is 29.7. The normalized spacial score (nSPS) is 18.7. The predicted molar refractivity (Wildman–Crippen MR) is 164 cm³/mol. The van der Waals surface area contributed by atoms with E-state index in [0.29, 0.717) is 12.3 Å². The number of halogens is 1. The zero-order valence-electron chi connectivity index (χ0n) is 25.2. The molecule has 0 aromatic rings. The maximum Gasteiger partial charge on any atom is 0.158 e. The Kier molecular flexibility index (Phi) is 21.7. The van der Waals surface area contributed by atoms with E-state index in [9.17, 15) is 9.18 Å². The lowest BCUT2D eigenvalue weighted by Gasteiger charge is -2.16. The summed E-state index contributed by atoms with van der Waals surface area (Å²) in [6.45, 7) is 27.6. The Morgan fingerprint density at radius 2 is 1.50 bits per heavy atom. The Balaban J connectivity index is 0. The molecule has 214 valence electrons. The van der Waals surface area contributed by atoms with Gasteiger partial charge in [-0.3, -0.25) is 4.79 Å². The third kappa shape index (κ3) is 14.1. The number of ketones is 1. The van der Waals surface area contributed by atoms with Gasteiger partial charge < -0.3 is 15.7 Å². The number of hydrogen-bond donors (Lipinski definition) is 3. The maximum absolute atomic E-state index is 12.7. The average Bonchev–Trinajstić information content (AvgIpc) is 3.35. The summed E-state index contributed by atoms with van der Waals surface area (Å²) in [7, 11) is 0. The molecule has 3 unspecified atom stereocenters. The molecule has 3 atom stereocenters. The number of carbonyl (C=O) groups is 1. The van der Waals surface area contributed by atoms with E-state index in [1.807, 2.05) is 72.8 Å². The fourth-order valence-electron chi connectivity index (χ4n) is 3.69. The van der Waals surface area contributed by atoms with Gasteiger partial charge in [-0.1, -0.05) is 97.7 Å². The first kappa shape index (κ1) is 37.2. The first-order valence-electron chi connectivity index (χ1n) is 13.8. The highest BCUT2D eigenvalue weighted by Gasteiger charge is 2.22. The molecular formula is C33H53FN2O2. The molecule has 5 heteroatoms. The van der Waals surface area contributed by atoms with E-state index in [-0.39, 0.29) is 24.5 Å². The van der Waals surface area contributed by atoms with Gasteiger partial charge in [0.15, 0.2) is 5.78 Å². The van der Waals surface area contributed by atoms with Crippen molar-refractivity contribution >= 4 is 5.78 Å². The van der Waals surface area contributed by atoms with Gasteiger partial charge in [0, 0.05) is 6.42 Å². The van der Waals surface area contributed by atoms with Gasteiger partial charge in [-0.25, -0.2) is 4.39 Å². The number of nitrogens with one attached hydrogen (secondary N) is 2. The van der Waals surface area contributed by atoms with E-state index in [1.54, 1.807) is 0 Å². The highest BCUT2D eigenvalue weighted by Crippen LogP contribution is 2.23. The minimum atomic E-state index is -0.533. The lowest BCUT2D eigenvalue weighted by molar-refractivity contribution is -0.122. The van der Waals surface area contributed by atoms with E-state index in [0.717, 1.165) is 41.0 Å². The number of hydrogen-bond acceptors (Lipinski definition) is 4. The number of allylic oxidation sites excluding steroid dienone is 9. The summed E-state index contributed by atoms with van der Waals surface area (Å²) in [4.78, 5) is 11.4. The average molecular weight is 529 g/mol. The van der Waals surface area contributed by atoms with Crippen molar-refractivity contribution in [3.8, 4) is 0 Å². The van der Waals surface area contributed by atoms with Crippen LogP contribution in [0.1, 0.15) is 74.7 Å². The fraction of sp³-hybridized carbons (Fsp3) is 0.485. The second-order valence-corrected chi connectivity index (χ2v) is 8.76. The van der Waals surface area contributed by atoms with Crippen molar-refractivity contribution in [2.24, 2.45) is 11.8 Å². The van der Waals surface area contributed by atoms with Crippen molar-refractivity contribution in [1.29, 1.82) is 0 Å². The van der Waals surface area contributed by atoms with Crippen LogP contribution < -0.4 is 10.6 Å². The molecule has 1 aliphatic rings. The van der Waals surface area contributed by atoms with E-state index in [4.69, 9.17) is 5.11 Å². The summed E-state index contributed by atoms with van der Waals surface area (Å²) >= 11 is 0. The maximum atomic E-state index is 12.7. The summed E-state index contributed by atoms with van der Waals surface area (Å²) in [5.74, 6) is 0.500. The van der Waals surface area contributed by atoms with Crippen molar-refractivity contribution in [1.82, 2.24) is 10.6 Å². The first-order chi connectivity index (χ1) is 18.2. The highest BCUT2D eigenvalue weighted by molar-refractivity contribution is 5.79. The van der Waals surface area contributed by atoms with Crippen LogP contribution in [0.15, 0.2) is 96.0 Å². The van der Waals surface area contributed by atoms with Crippen LogP contribution in [0.5, 0.6) is 0 Å². The third-order valence-corrected chi connectivity index (χ3v) is 5.97. The summed E-state index contributed by atoms with van der Waals surface area (Å²) in [6.07, 6.45) is 15.4. The number of rotatable bonds is 14. The summed E-state index contributed by atoms with van der Waals surface area (Å²) in [5.41, 5.74) is 5.17. The summed E-state index contributed by atoms with van der Waals surface area (Å²) < 4.78 is 12.7. The third-order valence-electron chi connectivity index (χ3n) is 5.97. The lowest BCUT2D eigenvalue weighted by atomic mass is 9.89. The predicted octanol–water partition coefficient (Wildman–Crippen LogP) is 8.05. The van der Waals surface area contributed by atoms with Crippen LogP contribution in [-0.2, 0) is 4.79 Å². The molecule has 0 spiro atoms. The van der Waals surface area contributed by atoms with Gasteiger partial charge in [0.1, 0.15) is 19.4 Å². The Bertz CT molecular complexity index is 906. The monoisotopic (exact) mass is 528 g/mol. The van der Waals surface area contributed by atoms with Crippen molar-refractivity contribution < 1.29 is 14.3 Å². The molecule has 1 fully saturated rings. The molecule has 0 aliphatic carbocycles. The van der Waals surface area contributed by atoms with Gasteiger partial charge in [-0.2, -0.15) is 0 Å². The largest absolute Gasteiger partial charge is 0.389 e. The number of carbonyl (C=O) groups excluding carboxylic acids is 1. The van der Waals surface area contributed by atoms with Crippen LogP contribution in [0.25, 0.3) is 0 Å². The molecule has 1 heterocycles. The minimum Gasteiger partial charge on any atom is -0.389 e. The van der Waals surface area contributed by atoms with E-state index >= 15 is 0 Å². The van der Waals surface area contributed by atoms with Crippen LogP contribution in [0.2, 0.25) is 0 Å². The number of aliphatic hydroxyl groups excluding tert-OH is 1. The summed E-state index contributed by atoms with van der Waals surface area (Å²) in [6, 6.07) is 0. The van der Waals surface area contributed by atoms with Gasteiger partial charge in [0.2, 0.25) is 0 Å². The fourth-order valence-corrected chi connectivity index (χ4v) is 3.69. The Morgan fingerprint density at radius 3 is 2.00 bits per heavy atom. The van der Waals surface area contributed by atoms with E-state index in [2.05, 4.69) is 49.4 Å². The standard InChI is InChI=1S/C29H41FN2O2.2C2H6/c1-8-25(23(6)11-10-20(3)18-26(34)19-33)15-14-22(5)21(4)12-13-24(7)29-31-27(9-2)28(32-29)16-17-30;2*1-2/h8-9,12-16,20,23,29,31-33H,4-5,7,10-11,17-19H2,1-3,6H3;2*1-2H3/b13-12-,15-14-,25-8+,27-9+,28-16+;;. The first-order valence-corrected chi connectivity index (χ1v) is 13.8. The molecule has 1 saturated heterocycles. The topological polar surface area (TPSA) is 61.4 Å². The smallest absolute Gasteiger partial charge is 0.158 e. The molecule has 0 amide bonds. The van der Waals surface area contributed by atoms with Crippen LogP contribution in [0, 0.1) is 11.8 Å². The van der Waals surface area contributed by atoms with Gasteiger partial charge in [-0.05, 0) is 66.9 Å². The summed E-state index contributed by atoms with van der Waals surface area (Å²) in [5, 5.41) is 15.4. The Morgan fingerprint density at radius 1 is 0.947 bits per heavy atom. The molecular weight excluding hydrogens is 475 g/mol. The number of alkyl halides is 1. The molecule has 0 bridgehead atoms. The second kappa shape index (κ2) is 22.1. The van der Waals surface area contributed by atoms with Gasteiger partial charge >= 0.3 is 0 Å². The lowest BCUT2D eigenvalue weighted by Crippen LogP contribution is -2.31. The molecule has 4 nitrogen and oxygen atoms in total. The van der Waals surface area contributed by atoms with Crippen molar-refractivity contribution in [3.05, 3.63) is 96.0 Å². The van der Waals surface area contributed by atoms with Crippen molar-refractivity contribution in [3.63, 3.8) is 0 Å². The van der Waals surface area contributed by atoms with Gasteiger partial charge in [-0.15, -0.1) is 0 Å². The van der Waals surface area contributed by atoms with Crippen LogP contribution >= 0.6 is 0 Å². The van der Waals surface area contributed by atoms with Crippen molar-refractivity contribution in [2.45, 2.75) is 80.8 Å². The molecule has 0 aromatic carbocycles. The van der Waals surface area contributed by atoms with Crippen LogP contribution in [-0.4, -0.2) is 30.3 Å². The Labute approximate surface area is 232 Å². The number of aliphatic hydroxyl groups is 1. The van der Waals surface area contributed by atoms with E-state index < -0.39 is 6.67 Å². The molecule has 3 N–H and O–H groups in total. The van der Waals surface area contributed by atoms with Crippen LogP contribution in [0.4, 0.5) is 4.39 Å². The molecule has 1 rings (SSSR count). The van der Waals surface area contributed by atoms with Crippen molar-refractivity contribution in [2.75, 3.05) is 13.3 Å². The van der Waals surface area contributed by atoms with Gasteiger partial charge in [0.25, 0.3) is 0 Å². The second-order valence-electron chi connectivity index (χ2n) is 8.76. The molecule has 38 heavy (non-hydrogen) atoms. The highest BCUT2D eigenvalue weighted by atomic mass is 19.1. The SMILES string of the molecule is C=C(/C=C\C(=C)C1NC(=C/C)/C(=C\CF)N1)C(=C)/C=C\C(=C/C)C(C)CCC(C)CC(=O)CO.CC.CC. The number of Topliss-reactive ketones (excluding diaryl/α,β-unsaturated/α-hetero) is 1. The quantitative estimate of drug-likeness (QED) is 0.200. The minimum absolute atomic E-state index is 0.102. The molecule has 1 aliphatic heterocycles.